The quantitative estimate of drug-likeness (QED) is 0.598. The number of ether oxygens (including phenoxy) is 1. The smallest absolute Gasteiger partial charge is 0.263 e. The van der Waals surface area contributed by atoms with Gasteiger partial charge in [0.05, 0.1) is 23.9 Å². The summed E-state index contributed by atoms with van der Waals surface area (Å²) in [6.45, 7) is 2.43. The summed E-state index contributed by atoms with van der Waals surface area (Å²) >= 11 is 0. The van der Waals surface area contributed by atoms with E-state index in [9.17, 15) is 13.6 Å². The Bertz CT molecular complexity index is 1290. The van der Waals surface area contributed by atoms with E-state index < -0.39 is 17.2 Å². The Morgan fingerprint density at radius 1 is 1.24 bits per heavy atom. The molecule has 2 aromatic carbocycles. The first-order valence-electron chi connectivity index (χ1n) is 10.5. The second-order valence-corrected chi connectivity index (χ2v) is 7.92. The zero-order chi connectivity index (χ0) is 23.5. The first kappa shape index (κ1) is 22.4. The van der Waals surface area contributed by atoms with Crippen molar-refractivity contribution >= 4 is 5.95 Å². The molecule has 170 valence electrons. The molecule has 0 saturated carbocycles. The third-order valence-electron chi connectivity index (χ3n) is 5.81. The largest absolute Gasteiger partial charge is 0.494 e. The normalized spacial score (nSPS) is 15.3. The molecule has 0 amide bonds. The highest BCUT2D eigenvalue weighted by Gasteiger charge is 2.21. The van der Waals surface area contributed by atoms with E-state index in [4.69, 9.17) is 10.00 Å². The molecule has 0 radical (unpaired) electrons. The van der Waals surface area contributed by atoms with Gasteiger partial charge in [0.15, 0.2) is 11.6 Å². The first-order chi connectivity index (χ1) is 15.9. The van der Waals surface area contributed by atoms with Crippen molar-refractivity contribution in [3.8, 4) is 34.2 Å². The van der Waals surface area contributed by atoms with E-state index in [2.05, 4.69) is 15.6 Å². The van der Waals surface area contributed by atoms with Gasteiger partial charge in [-0.15, -0.1) is 0 Å². The van der Waals surface area contributed by atoms with Crippen molar-refractivity contribution in [3.05, 3.63) is 63.9 Å². The van der Waals surface area contributed by atoms with Crippen LogP contribution in [0.4, 0.5) is 14.7 Å². The zero-order valence-electron chi connectivity index (χ0n) is 18.3. The molecule has 3 aromatic rings. The number of aromatic nitrogens is 2. The number of anilines is 1. The summed E-state index contributed by atoms with van der Waals surface area (Å²) in [5.41, 5.74) is 0.371. The number of nitriles is 1. The molecule has 1 aliphatic rings. The Labute approximate surface area is 189 Å². The summed E-state index contributed by atoms with van der Waals surface area (Å²) in [6, 6.07) is 9.97. The van der Waals surface area contributed by atoms with Crippen LogP contribution < -0.4 is 20.9 Å². The lowest BCUT2D eigenvalue weighted by atomic mass is 9.99. The van der Waals surface area contributed by atoms with Gasteiger partial charge < -0.3 is 15.4 Å². The van der Waals surface area contributed by atoms with Gasteiger partial charge in [0.25, 0.3) is 5.56 Å². The number of nitrogens with one attached hydrogen (secondary N) is 2. The topological polar surface area (TPSA) is 92.0 Å². The fraction of sp³-hybridized carbons (Fsp3) is 0.292. The molecular weight excluding hydrogens is 428 g/mol. The number of halogens is 2. The van der Waals surface area contributed by atoms with Crippen LogP contribution in [0.5, 0.6) is 5.75 Å². The maximum atomic E-state index is 14.5. The van der Waals surface area contributed by atoms with Crippen molar-refractivity contribution in [3.63, 3.8) is 0 Å². The SMILES string of the molecule is COc1ccc(-c2c(-c3ccc(C#N)c(F)c3)nc(NCC3CCNC3)n(C)c2=O)cc1F. The predicted molar refractivity (Wildman–Crippen MR) is 121 cm³/mol. The van der Waals surface area contributed by atoms with Crippen molar-refractivity contribution in [1.29, 1.82) is 5.26 Å². The van der Waals surface area contributed by atoms with E-state index in [1.165, 1.54) is 35.9 Å². The Morgan fingerprint density at radius 3 is 2.64 bits per heavy atom. The lowest BCUT2D eigenvalue weighted by Gasteiger charge is -2.18. The standard InChI is InChI=1S/C24H23F2N5O2/c1-31-23(32)21(15-5-6-20(33-2)19(26)9-15)22(16-3-4-17(11-27)18(25)10-16)30-24(31)29-13-14-7-8-28-12-14/h3-6,9-10,14,28H,7-8,12-13H2,1-2H3,(H,29,30). The Balaban J connectivity index is 1.88. The van der Waals surface area contributed by atoms with E-state index in [-0.39, 0.29) is 28.1 Å². The van der Waals surface area contributed by atoms with E-state index in [0.717, 1.165) is 25.6 Å². The number of hydrogen-bond acceptors (Lipinski definition) is 6. The third kappa shape index (κ3) is 4.43. The molecule has 1 fully saturated rings. The Hall–Kier alpha value is -3.77. The zero-order valence-corrected chi connectivity index (χ0v) is 18.3. The van der Waals surface area contributed by atoms with Crippen LogP contribution >= 0.6 is 0 Å². The van der Waals surface area contributed by atoms with Gasteiger partial charge in [0.2, 0.25) is 5.95 Å². The molecular formula is C24H23F2N5O2. The summed E-state index contributed by atoms with van der Waals surface area (Å²) in [4.78, 5) is 18.1. The van der Waals surface area contributed by atoms with Crippen molar-refractivity contribution in [2.45, 2.75) is 6.42 Å². The van der Waals surface area contributed by atoms with Gasteiger partial charge in [-0.3, -0.25) is 9.36 Å². The average Bonchev–Trinajstić information content (AvgIpc) is 3.33. The second-order valence-electron chi connectivity index (χ2n) is 7.92. The van der Waals surface area contributed by atoms with Gasteiger partial charge in [-0.25, -0.2) is 13.8 Å². The van der Waals surface area contributed by atoms with Gasteiger partial charge in [-0.2, -0.15) is 5.26 Å². The number of methoxy groups -OCH3 is 1. The van der Waals surface area contributed by atoms with Crippen LogP contribution in [0.2, 0.25) is 0 Å². The van der Waals surface area contributed by atoms with E-state index in [1.807, 2.05) is 0 Å². The molecule has 1 aliphatic heterocycles. The van der Waals surface area contributed by atoms with Crippen molar-refractivity contribution < 1.29 is 13.5 Å². The van der Waals surface area contributed by atoms with Crippen LogP contribution in [0.15, 0.2) is 41.2 Å². The first-order valence-corrected chi connectivity index (χ1v) is 10.5. The van der Waals surface area contributed by atoms with E-state index in [1.54, 1.807) is 19.2 Å². The fourth-order valence-electron chi connectivity index (χ4n) is 3.93. The van der Waals surface area contributed by atoms with E-state index in [0.29, 0.717) is 24.0 Å². The molecule has 1 unspecified atom stereocenters. The minimum atomic E-state index is -0.726. The van der Waals surface area contributed by atoms with Crippen LogP contribution in [-0.2, 0) is 7.05 Å². The van der Waals surface area contributed by atoms with E-state index >= 15 is 0 Å². The minimum absolute atomic E-state index is 0.0398. The number of hydrogen-bond donors (Lipinski definition) is 2. The highest BCUT2D eigenvalue weighted by Crippen LogP contribution is 2.32. The van der Waals surface area contributed by atoms with Crippen molar-refractivity contribution in [2.75, 3.05) is 32.1 Å². The minimum Gasteiger partial charge on any atom is -0.494 e. The molecule has 4 rings (SSSR count). The lowest BCUT2D eigenvalue weighted by Crippen LogP contribution is -2.27. The molecule has 2 heterocycles. The molecule has 0 aliphatic carbocycles. The van der Waals surface area contributed by atoms with Crippen molar-refractivity contribution in [1.82, 2.24) is 14.9 Å². The molecule has 2 N–H and O–H groups in total. The summed E-state index contributed by atoms with van der Waals surface area (Å²) in [5, 5.41) is 15.6. The summed E-state index contributed by atoms with van der Waals surface area (Å²) in [6.07, 6.45) is 1.01. The summed E-state index contributed by atoms with van der Waals surface area (Å²) in [7, 11) is 2.93. The molecule has 1 aromatic heterocycles. The van der Waals surface area contributed by atoms with Crippen LogP contribution in [0.3, 0.4) is 0 Å². The molecule has 1 atom stereocenters. The molecule has 9 heteroatoms. The molecule has 1 saturated heterocycles. The van der Waals surface area contributed by atoms with Gasteiger partial charge >= 0.3 is 0 Å². The lowest BCUT2D eigenvalue weighted by molar-refractivity contribution is 0.386. The molecule has 7 nitrogen and oxygen atoms in total. The Kier molecular flexibility index (Phi) is 6.38. The van der Waals surface area contributed by atoms with Crippen LogP contribution in [0.25, 0.3) is 22.4 Å². The Morgan fingerprint density at radius 2 is 2.00 bits per heavy atom. The van der Waals surface area contributed by atoms with Gasteiger partial charge in [-0.05, 0) is 55.3 Å². The van der Waals surface area contributed by atoms with Crippen LogP contribution in [-0.4, -0.2) is 36.3 Å². The highest BCUT2D eigenvalue weighted by molar-refractivity contribution is 5.81. The molecule has 0 spiro atoms. The maximum absolute atomic E-state index is 14.5. The highest BCUT2D eigenvalue weighted by atomic mass is 19.1. The average molecular weight is 451 g/mol. The van der Waals surface area contributed by atoms with Crippen LogP contribution in [0.1, 0.15) is 12.0 Å². The summed E-state index contributed by atoms with van der Waals surface area (Å²) < 4.78 is 35.2. The molecule has 33 heavy (non-hydrogen) atoms. The maximum Gasteiger partial charge on any atom is 0.263 e. The monoisotopic (exact) mass is 451 g/mol. The number of benzene rings is 2. The number of rotatable bonds is 6. The van der Waals surface area contributed by atoms with Gasteiger partial charge in [-0.1, -0.05) is 12.1 Å². The second kappa shape index (κ2) is 9.38. The van der Waals surface area contributed by atoms with Gasteiger partial charge in [0, 0.05) is 19.2 Å². The fourth-order valence-corrected chi connectivity index (χ4v) is 3.93. The predicted octanol–water partition coefficient (Wildman–Crippen LogP) is 3.29. The number of nitrogens with zero attached hydrogens (tertiary/aromatic N) is 3. The van der Waals surface area contributed by atoms with Crippen LogP contribution in [0, 0.1) is 28.9 Å². The third-order valence-corrected chi connectivity index (χ3v) is 5.81. The molecule has 0 bridgehead atoms. The van der Waals surface area contributed by atoms with Crippen molar-refractivity contribution in [2.24, 2.45) is 13.0 Å². The van der Waals surface area contributed by atoms with Gasteiger partial charge in [0.1, 0.15) is 11.9 Å². The summed E-state index contributed by atoms with van der Waals surface area (Å²) in [5.74, 6) is -0.601.